The molecule has 1 aromatic rings. The molecule has 1 rings (SSSR count). The van der Waals surface area contributed by atoms with Crippen LogP contribution in [0, 0.1) is 11.9 Å². The predicted molar refractivity (Wildman–Crippen MR) is 42.8 cm³/mol. The Hall–Kier alpha value is -1.60. The lowest BCUT2D eigenvalue weighted by Gasteiger charge is -2.14. The van der Waals surface area contributed by atoms with Gasteiger partial charge >= 0.3 is 5.97 Å². The molecule has 0 aromatic carbocycles. The van der Waals surface area contributed by atoms with E-state index in [0.29, 0.717) is 0 Å². The molecule has 0 aliphatic carbocycles. The SMILES string of the molecule is O=C(O)C(O)C(O)c1ccc(F)nc1F. The van der Waals surface area contributed by atoms with Crippen LogP contribution < -0.4 is 0 Å². The molecule has 0 radical (unpaired) electrons. The van der Waals surface area contributed by atoms with Gasteiger partial charge in [0, 0.05) is 5.56 Å². The number of carboxylic acids is 1. The van der Waals surface area contributed by atoms with Gasteiger partial charge in [-0.1, -0.05) is 0 Å². The molecule has 2 atom stereocenters. The molecule has 7 heteroatoms. The van der Waals surface area contributed by atoms with Crippen LogP contribution in [0.3, 0.4) is 0 Å². The van der Waals surface area contributed by atoms with Crippen LogP contribution in [0.2, 0.25) is 0 Å². The molecule has 0 saturated heterocycles. The summed E-state index contributed by atoms with van der Waals surface area (Å²) >= 11 is 0. The summed E-state index contributed by atoms with van der Waals surface area (Å²) in [6.07, 6.45) is -4.18. The Morgan fingerprint density at radius 1 is 1.33 bits per heavy atom. The van der Waals surface area contributed by atoms with Gasteiger partial charge in [0.25, 0.3) is 0 Å². The van der Waals surface area contributed by atoms with Crippen LogP contribution in [0.15, 0.2) is 12.1 Å². The van der Waals surface area contributed by atoms with E-state index < -0.39 is 35.6 Å². The molecule has 5 nitrogen and oxygen atoms in total. The number of halogens is 2. The lowest BCUT2D eigenvalue weighted by Crippen LogP contribution is -2.28. The number of rotatable bonds is 3. The normalized spacial score (nSPS) is 14.7. The van der Waals surface area contributed by atoms with Gasteiger partial charge in [-0.25, -0.2) is 4.79 Å². The molecule has 2 unspecified atom stereocenters. The van der Waals surface area contributed by atoms with Crippen molar-refractivity contribution in [1.29, 1.82) is 0 Å². The summed E-state index contributed by atoms with van der Waals surface area (Å²) < 4.78 is 25.3. The maximum absolute atomic E-state index is 12.9. The molecule has 15 heavy (non-hydrogen) atoms. The van der Waals surface area contributed by atoms with Gasteiger partial charge in [0.05, 0.1) is 0 Å². The first-order chi connectivity index (χ1) is 6.93. The minimum Gasteiger partial charge on any atom is -0.479 e. The summed E-state index contributed by atoms with van der Waals surface area (Å²) in [6, 6.07) is 1.56. The van der Waals surface area contributed by atoms with Crippen molar-refractivity contribution in [2.24, 2.45) is 0 Å². The zero-order valence-corrected chi connectivity index (χ0v) is 7.26. The number of aliphatic carboxylic acids is 1. The van der Waals surface area contributed by atoms with Crippen molar-refractivity contribution in [2.75, 3.05) is 0 Å². The highest BCUT2D eigenvalue weighted by atomic mass is 19.1. The Labute approximate surface area is 82.6 Å². The number of aliphatic hydroxyl groups excluding tert-OH is 2. The fourth-order valence-corrected chi connectivity index (χ4v) is 0.949. The van der Waals surface area contributed by atoms with Crippen LogP contribution in [-0.2, 0) is 4.79 Å². The fraction of sp³-hybridized carbons (Fsp3) is 0.250. The topological polar surface area (TPSA) is 90.7 Å². The molecule has 82 valence electrons. The van der Waals surface area contributed by atoms with Crippen LogP contribution in [-0.4, -0.2) is 32.4 Å². The lowest BCUT2D eigenvalue weighted by atomic mass is 10.1. The van der Waals surface area contributed by atoms with Crippen molar-refractivity contribution in [1.82, 2.24) is 4.98 Å². The van der Waals surface area contributed by atoms with Crippen LogP contribution in [0.5, 0.6) is 0 Å². The number of pyridine rings is 1. The minimum absolute atomic E-state index is 0.577. The molecular weight excluding hydrogens is 212 g/mol. The maximum atomic E-state index is 12.9. The summed E-state index contributed by atoms with van der Waals surface area (Å²) in [7, 11) is 0. The minimum atomic E-state index is -2.19. The molecule has 1 heterocycles. The van der Waals surface area contributed by atoms with Crippen molar-refractivity contribution < 1.29 is 28.9 Å². The molecule has 0 spiro atoms. The van der Waals surface area contributed by atoms with E-state index in [2.05, 4.69) is 4.98 Å². The van der Waals surface area contributed by atoms with Gasteiger partial charge in [0.15, 0.2) is 6.10 Å². The van der Waals surface area contributed by atoms with Gasteiger partial charge in [0.1, 0.15) is 6.10 Å². The molecule has 0 saturated carbocycles. The van der Waals surface area contributed by atoms with Gasteiger partial charge in [-0.3, -0.25) is 0 Å². The molecule has 0 aliphatic rings. The second kappa shape index (κ2) is 4.28. The first kappa shape index (κ1) is 11.5. The third-order valence-electron chi connectivity index (χ3n) is 1.71. The second-order valence-corrected chi connectivity index (χ2v) is 2.74. The van der Waals surface area contributed by atoms with E-state index in [1.807, 2.05) is 0 Å². The van der Waals surface area contributed by atoms with E-state index in [-0.39, 0.29) is 0 Å². The summed E-state index contributed by atoms with van der Waals surface area (Å²) in [5.74, 6) is -4.18. The van der Waals surface area contributed by atoms with Crippen LogP contribution in [0.25, 0.3) is 0 Å². The number of aliphatic hydroxyl groups is 2. The molecule has 0 aliphatic heterocycles. The van der Waals surface area contributed by atoms with Crippen LogP contribution in [0.1, 0.15) is 11.7 Å². The van der Waals surface area contributed by atoms with Crippen LogP contribution in [0.4, 0.5) is 8.78 Å². The van der Waals surface area contributed by atoms with E-state index in [1.165, 1.54) is 0 Å². The van der Waals surface area contributed by atoms with Crippen LogP contribution >= 0.6 is 0 Å². The van der Waals surface area contributed by atoms with Gasteiger partial charge in [0.2, 0.25) is 11.9 Å². The highest BCUT2D eigenvalue weighted by Crippen LogP contribution is 2.19. The number of hydrogen-bond donors (Lipinski definition) is 3. The number of carboxylic acid groups (broad SMARTS) is 1. The third kappa shape index (κ3) is 2.45. The van der Waals surface area contributed by atoms with Crippen molar-refractivity contribution in [3.8, 4) is 0 Å². The Morgan fingerprint density at radius 2 is 1.93 bits per heavy atom. The van der Waals surface area contributed by atoms with E-state index in [9.17, 15) is 18.7 Å². The van der Waals surface area contributed by atoms with Gasteiger partial charge < -0.3 is 15.3 Å². The third-order valence-corrected chi connectivity index (χ3v) is 1.71. The highest BCUT2D eigenvalue weighted by Gasteiger charge is 2.28. The zero-order chi connectivity index (χ0) is 11.6. The molecule has 1 aromatic heterocycles. The maximum Gasteiger partial charge on any atom is 0.335 e. The first-order valence-corrected chi connectivity index (χ1v) is 3.84. The first-order valence-electron chi connectivity index (χ1n) is 3.84. The summed E-state index contributed by atoms with van der Waals surface area (Å²) in [6.45, 7) is 0. The average Bonchev–Trinajstić information content (AvgIpc) is 2.15. The number of aromatic nitrogens is 1. The fourth-order valence-electron chi connectivity index (χ4n) is 0.949. The quantitative estimate of drug-likeness (QED) is 0.614. The van der Waals surface area contributed by atoms with Crippen molar-refractivity contribution in [3.63, 3.8) is 0 Å². The number of hydrogen-bond acceptors (Lipinski definition) is 4. The Bertz CT molecular complexity index is 385. The average molecular weight is 219 g/mol. The molecule has 3 N–H and O–H groups in total. The van der Waals surface area contributed by atoms with Crippen molar-refractivity contribution >= 4 is 5.97 Å². The van der Waals surface area contributed by atoms with E-state index in [0.717, 1.165) is 12.1 Å². The second-order valence-electron chi connectivity index (χ2n) is 2.74. The van der Waals surface area contributed by atoms with E-state index in [4.69, 9.17) is 10.2 Å². The smallest absolute Gasteiger partial charge is 0.335 e. The Morgan fingerprint density at radius 3 is 2.40 bits per heavy atom. The van der Waals surface area contributed by atoms with E-state index >= 15 is 0 Å². The van der Waals surface area contributed by atoms with Crippen molar-refractivity contribution in [2.45, 2.75) is 12.2 Å². The van der Waals surface area contributed by atoms with Gasteiger partial charge in [-0.2, -0.15) is 13.8 Å². The van der Waals surface area contributed by atoms with Crippen molar-refractivity contribution in [3.05, 3.63) is 29.6 Å². The summed E-state index contributed by atoms with van der Waals surface area (Å²) in [5.41, 5.74) is -0.577. The highest BCUT2D eigenvalue weighted by molar-refractivity contribution is 5.73. The lowest BCUT2D eigenvalue weighted by molar-refractivity contribution is -0.153. The summed E-state index contributed by atoms with van der Waals surface area (Å²) in [4.78, 5) is 13.0. The Kier molecular flexibility index (Phi) is 3.28. The van der Waals surface area contributed by atoms with Gasteiger partial charge in [-0.15, -0.1) is 0 Å². The van der Waals surface area contributed by atoms with E-state index in [1.54, 1.807) is 0 Å². The number of nitrogens with zero attached hydrogens (tertiary/aromatic N) is 1. The number of carbonyl (C=O) groups is 1. The largest absolute Gasteiger partial charge is 0.479 e. The standard InChI is InChI=1S/C8H7F2NO4/c9-4-2-1-3(7(10)11-4)5(12)6(13)8(14)15/h1-2,5-6,12-13H,(H,14,15). The predicted octanol–water partition coefficient (Wildman–Crippen LogP) is -0.161. The monoisotopic (exact) mass is 219 g/mol. The summed E-state index contributed by atoms with van der Waals surface area (Å²) in [5, 5.41) is 26.4. The molecular formula is C8H7F2NO4. The molecule has 0 fully saturated rings. The van der Waals surface area contributed by atoms with Gasteiger partial charge in [-0.05, 0) is 12.1 Å². The zero-order valence-electron chi connectivity index (χ0n) is 7.26. The molecule has 0 amide bonds. The molecule has 0 bridgehead atoms. The Balaban J connectivity index is 3.01.